The number of rotatable bonds is 3. The summed E-state index contributed by atoms with van der Waals surface area (Å²) in [5.41, 5.74) is 0.480. The number of pyridine rings is 1. The Morgan fingerprint density at radius 3 is 2.53 bits per heavy atom. The number of hydrogen-bond acceptors (Lipinski definition) is 3. The van der Waals surface area contributed by atoms with Crippen LogP contribution < -0.4 is 0 Å². The molecule has 0 atom stereocenters. The molecule has 0 aliphatic heterocycles. The molecular weight excluding hydrogens is 276 g/mol. The van der Waals surface area contributed by atoms with E-state index in [2.05, 4.69) is 4.98 Å². The topological polar surface area (TPSA) is 67.3 Å². The molecule has 0 fully saturated rings. The van der Waals surface area contributed by atoms with E-state index in [-0.39, 0.29) is 16.8 Å². The van der Waals surface area contributed by atoms with Gasteiger partial charge in [0, 0.05) is 17.8 Å². The maximum absolute atomic E-state index is 13.6. The third-order valence-corrected chi connectivity index (χ3v) is 3.08. The number of aromatic nitrogens is 1. The molecule has 100 valence electrons. The summed E-state index contributed by atoms with van der Waals surface area (Å²) in [6.45, 7) is 0. The van der Waals surface area contributed by atoms with E-state index in [4.69, 9.17) is 4.55 Å². The molecule has 1 aromatic heterocycles. The fourth-order valence-corrected chi connectivity index (χ4v) is 2.22. The van der Waals surface area contributed by atoms with Crippen molar-refractivity contribution in [1.29, 1.82) is 0 Å². The van der Waals surface area contributed by atoms with Gasteiger partial charge in [-0.05, 0) is 29.8 Å². The van der Waals surface area contributed by atoms with Crippen molar-refractivity contribution in [3.05, 3.63) is 53.7 Å². The smallest absolute Gasteiger partial charge is 0.269 e. The highest BCUT2D eigenvalue weighted by Gasteiger charge is 2.11. The predicted molar refractivity (Wildman–Crippen MR) is 64.8 cm³/mol. The fraction of sp³-hybridized carbons (Fsp3) is 0.0833. The minimum absolute atomic E-state index is 0.0542. The lowest BCUT2D eigenvalue weighted by Gasteiger charge is -2.05. The summed E-state index contributed by atoms with van der Waals surface area (Å²) in [6.07, 6.45) is 1.29. The van der Waals surface area contributed by atoms with Gasteiger partial charge in [-0.15, -0.1) is 0 Å². The van der Waals surface area contributed by atoms with Crippen molar-refractivity contribution < 1.29 is 21.8 Å². The van der Waals surface area contributed by atoms with Gasteiger partial charge in [-0.1, -0.05) is 0 Å². The molecule has 4 nitrogen and oxygen atoms in total. The predicted octanol–water partition coefficient (Wildman–Crippen LogP) is 2.41. The fourth-order valence-electron chi connectivity index (χ4n) is 1.62. The molecule has 7 heteroatoms. The van der Waals surface area contributed by atoms with Gasteiger partial charge in [0.25, 0.3) is 10.1 Å². The van der Waals surface area contributed by atoms with Gasteiger partial charge in [-0.25, -0.2) is 8.78 Å². The minimum atomic E-state index is -4.17. The van der Waals surface area contributed by atoms with Gasteiger partial charge >= 0.3 is 0 Å². The summed E-state index contributed by atoms with van der Waals surface area (Å²) >= 11 is 0. The Morgan fingerprint density at radius 1 is 1.16 bits per heavy atom. The summed E-state index contributed by atoms with van der Waals surface area (Å²) < 4.78 is 56.6. The molecule has 0 bridgehead atoms. The van der Waals surface area contributed by atoms with Crippen molar-refractivity contribution in [2.45, 2.75) is 5.75 Å². The Morgan fingerprint density at radius 2 is 1.89 bits per heavy atom. The van der Waals surface area contributed by atoms with Gasteiger partial charge in [0.2, 0.25) is 0 Å². The first kappa shape index (κ1) is 13.6. The Hall–Kier alpha value is -1.86. The number of halogens is 2. The largest absolute Gasteiger partial charge is 0.285 e. The van der Waals surface area contributed by atoms with Crippen molar-refractivity contribution >= 4 is 10.1 Å². The first-order valence-corrected chi connectivity index (χ1v) is 6.81. The molecule has 2 aromatic rings. The van der Waals surface area contributed by atoms with Crippen LogP contribution in [0.4, 0.5) is 8.78 Å². The third-order valence-electron chi connectivity index (χ3n) is 2.38. The van der Waals surface area contributed by atoms with Crippen molar-refractivity contribution in [2.75, 3.05) is 0 Å². The van der Waals surface area contributed by atoms with Crippen LogP contribution >= 0.6 is 0 Å². The summed E-state index contributed by atoms with van der Waals surface area (Å²) in [7, 11) is -4.17. The third kappa shape index (κ3) is 3.55. The van der Waals surface area contributed by atoms with Crippen LogP contribution in [0.15, 0.2) is 36.5 Å². The number of nitrogens with zero attached hydrogens (tertiary/aromatic N) is 1. The Balaban J connectivity index is 2.43. The van der Waals surface area contributed by atoms with E-state index in [9.17, 15) is 17.2 Å². The van der Waals surface area contributed by atoms with Gasteiger partial charge in [0.1, 0.15) is 17.4 Å². The molecule has 19 heavy (non-hydrogen) atoms. The molecule has 1 N–H and O–H groups in total. The lowest BCUT2D eigenvalue weighted by atomic mass is 10.1. The van der Waals surface area contributed by atoms with Crippen molar-refractivity contribution in [3.63, 3.8) is 0 Å². The molecule has 2 rings (SSSR count). The first-order valence-electron chi connectivity index (χ1n) is 5.21. The average Bonchev–Trinajstić information content (AvgIpc) is 2.26. The highest BCUT2D eigenvalue weighted by Crippen LogP contribution is 2.22. The second kappa shape index (κ2) is 5.02. The minimum Gasteiger partial charge on any atom is -0.285 e. The van der Waals surface area contributed by atoms with E-state index in [1.807, 2.05) is 0 Å². The van der Waals surface area contributed by atoms with E-state index in [1.54, 1.807) is 0 Å². The van der Waals surface area contributed by atoms with Crippen LogP contribution in [-0.4, -0.2) is 18.0 Å². The van der Waals surface area contributed by atoms with E-state index in [0.29, 0.717) is 6.07 Å². The van der Waals surface area contributed by atoms with Crippen LogP contribution in [-0.2, 0) is 15.9 Å². The molecule has 0 aliphatic carbocycles. The van der Waals surface area contributed by atoms with E-state index in [1.165, 1.54) is 24.4 Å². The zero-order valence-corrected chi connectivity index (χ0v) is 10.4. The molecule has 0 saturated heterocycles. The van der Waals surface area contributed by atoms with Gasteiger partial charge < -0.3 is 0 Å². The second-order valence-corrected chi connectivity index (χ2v) is 5.35. The normalized spacial score (nSPS) is 11.5. The number of benzene rings is 1. The van der Waals surface area contributed by atoms with Crippen LogP contribution in [0.25, 0.3) is 11.3 Å². The van der Waals surface area contributed by atoms with Crippen molar-refractivity contribution in [2.24, 2.45) is 0 Å². The summed E-state index contributed by atoms with van der Waals surface area (Å²) in [5, 5.41) is 0. The Labute approximate surface area is 108 Å². The first-order chi connectivity index (χ1) is 8.85. The molecule has 0 radical (unpaired) electrons. The standard InChI is InChI=1S/C12H9F2NO3S/c13-9-1-2-10(11(14)6-9)12-5-8(3-4-15-12)7-19(16,17)18/h1-6H,7H2,(H,16,17,18). The van der Waals surface area contributed by atoms with Crippen LogP contribution in [0.3, 0.4) is 0 Å². The lowest BCUT2D eigenvalue weighted by molar-refractivity contribution is 0.482. The molecular formula is C12H9F2NO3S. The van der Waals surface area contributed by atoms with E-state index >= 15 is 0 Å². The highest BCUT2D eigenvalue weighted by atomic mass is 32.2. The van der Waals surface area contributed by atoms with Gasteiger partial charge in [-0.3, -0.25) is 9.54 Å². The van der Waals surface area contributed by atoms with Gasteiger partial charge in [0.05, 0.1) is 5.69 Å². The Bertz CT molecular complexity index is 717. The average molecular weight is 285 g/mol. The zero-order chi connectivity index (χ0) is 14.0. The number of hydrogen-bond donors (Lipinski definition) is 1. The quantitative estimate of drug-likeness (QED) is 0.879. The molecule has 0 amide bonds. The second-order valence-electron chi connectivity index (χ2n) is 3.90. The van der Waals surface area contributed by atoms with Crippen molar-refractivity contribution in [3.8, 4) is 11.3 Å². The lowest BCUT2D eigenvalue weighted by Crippen LogP contribution is -2.02. The molecule has 0 unspecified atom stereocenters. The van der Waals surface area contributed by atoms with Crippen LogP contribution in [0, 0.1) is 11.6 Å². The SMILES string of the molecule is O=S(=O)(O)Cc1ccnc(-c2ccc(F)cc2F)c1. The maximum atomic E-state index is 13.6. The van der Waals surface area contributed by atoms with Crippen molar-refractivity contribution in [1.82, 2.24) is 4.98 Å². The summed E-state index contributed by atoms with van der Waals surface area (Å²) in [6, 6.07) is 5.72. The molecule has 1 aromatic carbocycles. The molecule has 0 aliphatic rings. The van der Waals surface area contributed by atoms with Crippen LogP contribution in [0.2, 0.25) is 0 Å². The van der Waals surface area contributed by atoms with Gasteiger partial charge in [-0.2, -0.15) is 8.42 Å². The summed E-state index contributed by atoms with van der Waals surface area (Å²) in [4.78, 5) is 3.89. The van der Waals surface area contributed by atoms with E-state index in [0.717, 1.165) is 6.07 Å². The monoisotopic (exact) mass is 285 g/mol. The molecule has 1 heterocycles. The van der Waals surface area contributed by atoms with Crippen LogP contribution in [0.5, 0.6) is 0 Å². The molecule has 0 saturated carbocycles. The highest BCUT2D eigenvalue weighted by molar-refractivity contribution is 7.85. The van der Waals surface area contributed by atoms with Gasteiger partial charge in [0.15, 0.2) is 0 Å². The Kier molecular flexibility index (Phi) is 3.59. The zero-order valence-electron chi connectivity index (χ0n) is 9.55. The van der Waals surface area contributed by atoms with E-state index < -0.39 is 27.5 Å². The summed E-state index contributed by atoms with van der Waals surface area (Å²) in [5.74, 6) is -2.10. The molecule has 0 spiro atoms. The maximum Gasteiger partial charge on any atom is 0.269 e. The van der Waals surface area contributed by atoms with Crippen LogP contribution in [0.1, 0.15) is 5.56 Å².